The van der Waals surface area contributed by atoms with Gasteiger partial charge in [-0.15, -0.1) is 0 Å². The molecule has 0 aliphatic rings. The van der Waals surface area contributed by atoms with Gasteiger partial charge in [0.2, 0.25) is 0 Å². The van der Waals surface area contributed by atoms with Crippen LogP contribution < -0.4 is 0 Å². The lowest BCUT2D eigenvalue weighted by Crippen LogP contribution is -2.40. The zero-order chi connectivity index (χ0) is 15.7. The summed E-state index contributed by atoms with van der Waals surface area (Å²) in [6.07, 6.45) is 0. The zero-order valence-corrected chi connectivity index (χ0v) is 14.0. The number of hydrogen-bond donors (Lipinski definition) is 0. The summed E-state index contributed by atoms with van der Waals surface area (Å²) in [5.74, 6) is -1.61. The van der Waals surface area contributed by atoms with Crippen LogP contribution in [0.1, 0.15) is 31.9 Å². The highest BCUT2D eigenvalue weighted by Gasteiger charge is 2.37. The highest BCUT2D eigenvalue weighted by Crippen LogP contribution is 2.37. The quantitative estimate of drug-likeness (QED) is 0.580. The van der Waals surface area contributed by atoms with E-state index in [9.17, 15) is 8.78 Å². The molecule has 110 valence electrons. The van der Waals surface area contributed by atoms with Crippen LogP contribution in [-0.4, -0.2) is 8.32 Å². The van der Waals surface area contributed by atoms with E-state index in [2.05, 4.69) is 20.8 Å². The molecule has 6 heteroatoms. The molecule has 20 heavy (non-hydrogen) atoms. The van der Waals surface area contributed by atoms with Gasteiger partial charge in [0.15, 0.2) is 8.32 Å². The van der Waals surface area contributed by atoms with E-state index in [0.29, 0.717) is 0 Å². The minimum atomic E-state index is -2.06. The van der Waals surface area contributed by atoms with Crippen LogP contribution in [0.15, 0.2) is 6.07 Å². The van der Waals surface area contributed by atoms with Gasteiger partial charge in [0.25, 0.3) is 0 Å². The van der Waals surface area contributed by atoms with Gasteiger partial charge in [-0.25, -0.2) is 8.78 Å². The van der Waals surface area contributed by atoms with Crippen LogP contribution in [-0.2, 0) is 11.0 Å². The third-order valence-corrected chi connectivity index (χ3v) is 8.57. The SMILES string of the molecule is CC(C)(C)[Si](C)(C)OCc1cc(F)c(C#N)c(Cl)c1F. The standard InChI is InChI=1S/C14H18ClF2NOSi/c1-14(2,3)20(4,5)19-8-9-6-11(16)10(7-18)12(15)13(9)17/h6H,8H2,1-5H3. The van der Waals surface area contributed by atoms with Crippen molar-refractivity contribution in [3.8, 4) is 6.07 Å². The zero-order valence-electron chi connectivity index (χ0n) is 12.3. The summed E-state index contributed by atoms with van der Waals surface area (Å²) in [5, 5.41) is 8.20. The minimum absolute atomic E-state index is 0.0294. The molecule has 1 aromatic rings. The van der Waals surface area contributed by atoms with Gasteiger partial charge < -0.3 is 4.43 Å². The molecule has 0 radical (unpaired) electrons. The molecular formula is C14H18ClF2NOSi. The van der Waals surface area contributed by atoms with E-state index in [4.69, 9.17) is 21.3 Å². The summed E-state index contributed by atoms with van der Waals surface area (Å²) in [6, 6.07) is 2.53. The summed E-state index contributed by atoms with van der Waals surface area (Å²) in [4.78, 5) is 0. The summed E-state index contributed by atoms with van der Waals surface area (Å²) in [7, 11) is -2.06. The predicted molar refractivity (Wildman–Crippen MR) is 78.1 cm³/mol. The van der Waals surface area contributed by atoms with Crippen molar-refractivity contribution in [3.63, 3.8) is 0 Å². The molecule has 0 saturated carbocycles. The average Bonchev–Trinajstić information content (AvgIpc) is 2.31. The van der Waals surface area contributed by atoms with Gasteiger partial charge in [0.05, 0.1) is 11.6 Å². The van der Waals surface area contributed by atoms with Crippen molar-refractivity contribution < 1.29 is 13.2 Å². The first kappa shape index (κ1) is 17.1. The van der Waals surface area contributed by atoms with Gasteiger partial charge in [-0.3, -0.25) is 0 Å². The Morgan fingerprint density at radius 2 is 1.90 bits per heavy atom. The first-order chi connectivity index (χ1) is 9.01. The maximum Gasteiger partial charge on any atom is 0.192 e. The summed E-state index contributed by atoms with van der Waals surface area (Å²) in [5.41, 5.74) is -0.434. The Bertz CT molecular complexity index is 562. The van der Waals surface area contributed by atoms with Crippen molar-refractivity contribution in [1.82, 2.24) is 0 Å². The van der Waals surface area contributed by atoms with E-state index in [0.717, 1.165) is 6.07 Å². The van der Waals surface area contributed by atoms with Crippen LogP contribution >= 0.6 is 11.6 Å². The maximum absolute atomic E-state index is 14.0. The van der Waals surface area contributed by atoms with Gasteiger partial charge in [-0.1, -0.05) is 32.4 Å². The first-order valence-electron chi connectivity index (χ1n) is 6.21. The summed E-state index contributed by atoms with van der Waals surface area (Å²) < 4.78 is 33.4. The molecule has 0 aromatic heterocycles. The molecule has 0 amide bonds. The van der Waals surface area contributed by atoms with Crippen molar-refractivity contribution in [2.24, 2.45) is 0 Å². The first-order valence-corrected chi connectivity index (χ1v) is 9.50. The monoisotopic (exact) mass is 317 g/mol. The molecular weight excluding hydrogens is 300 g/mol. The number of nitrogens with zero attached hydrogens (tertiary/aromatic N) is 1. The van der Waals surface area contributed by atoms with Crippen LogP contribution in [0.3, 0.4) is 0 Å². The van der Waals surface area contributed by atoms with E-state index in [1.807, 2.05) is 13.1 Å². The molecule has 0 fully saturated rings. The Hall–Kier alpha value is -0.963. The van der Waals surface area contributed by atoms with Crippen molar-refractivity contribution in [2.75, 3.05) is 0 Å². The molecule has 0 N–H and O–H groups in total. The number of hydrogen-bond acceptors (Lipinski definition) is 2. The number of rotatable bonds is 3. The molecule has 1 rings (SSSR count). The lowest BCUT2D eigenvalue weighted by Gasteiger charge is -2.36. The van der Waals surface area contributed by atoms with Gasteiger partial charge >= 0.3 is 0 Å². The van der Waals surface area contributed by atoms with Gasteiger partial charge in [0, 0.05) is 5.56 Å². The molecule has 0 bridgehead atoms. The minimum Gasteiger partial charge on any atom is -0.412 e. The van der Waals surface area contributed by atoms with Crippen molar-refractivity contribution in [3.05, 3.63) is 33.9 Å². The van der Waals surface area contributed by atoms with Gasteiger partial charge in [0.1, 0.15) is 23.3 Å². The Balaban J connectivity index is 3.05. The normalized spacial score (nSPS) is 12.3. The molecule has 0 aliphatic heterocycles. The lowest BCUT2D eigenvalue weighted by atomic mass is 10.1. The van der Waals surface area contributed by atoms with Crippen molar-refractivity contribution >= 4 is 19.9 Å². The smallest absolute Gasteiger partial charge is 0.192 e. The third-order valence-electron chi connectivity index (χ3n) is 3.74. The molecule has 0 atom stereocenters. The molecule has 0 spiro atoms. The molecule has 0 unspecified atom stereocenters. The largest absolute Gasteiger partial charge is 0.412 e. The molecule has 1 aromatic carbocycles. The van der Waals surface area contributed by atoms with Crippen molar-refractivity contribution in [2.45, 2.75) is 45.5 Å². The third kappa shape index (κ3) is 3.37. The Kier molecular flexibility index (Phi) is 4.96. The summed E-state index contributed by atoms with van der Waals surface area (Å²) >= 11 is 5.66. The van der Waals surface area contributed by atoms with Crippen LogP contribution in [0.25, 0.3) is 0 Å². The number of nitriles is 1. The second-order valence-corrected chi connectivity index (χ2v) is 11.4. The lowest BCUT2D eigenvalue weighted by molar-refractivity contribution is 0.270. The molecule has 0 heterocycles. The van der Waals surface area contributed by atoms with Gasteiger partial charge in [-0.05, 0) is 24.2 Å². The van der Waals surface area contributed by atoms with E-state index in [-0.39, 0.29) is 17.2 Å². The maximum atomic E-state index is 14.0. The van der Waals surface area contributed by atoms with E-state index >= 15 is 0 Å². The molecule has 0 saturated heterocycles. The fourth-order valence-electron chi connectivity index (χ4n) is 1.33. The second-order valence-electron chi connectivity index (χ2n) is 6.18. The topological polar surface area (TPSA) is 33.0 Å². The highest BCUT2D eigenvalue weighted by molar-refractivity contribution is 6.74. The predicted octanol–water partition coefficient (Wildman–Crippen LogP) is 5.01. The Morgan fingerprint density at radius 1 is 1.35 bits per heavy atom. The van der Waals surface area contributed by atoms with Crippen LogP contribution in [0.4, 0.5) is 8.78 Å². The van der Waals surface area contributed by atoms with E-state index in [1.54, 1.807) is 6.07 Å². The fourth-order valence-corrected chi connectivity index (χ4v) is 2.53. The Labute approximate surface area is 124 Å². The average molecular weight is 318 g/mol. The molecule has 0 aliphatic carbocycles. The van der Waals surface area contributed by atoms with Gasteiger partial charge in [-0.2, -0.15) is 5.26 Å². The molecule has 2 nitrogen and oxygen atoms in total. The van der Waals surface area contributed by atoms with Crippen LogP contribution in [0.5, 0.6) is 0 Å². The summed E-state index contributed by atoms with van der Waals surface area (Å²) in [6.45, 7) is 10.2. The van der Waals surface area contributed by atoms with Crippen LogP contribution in [0.2, 0.25) is 23.2 Å². The number of halogens is 3. The number of benzene rings is 1. The van der Waals surface area contributed by atoms with E-state index in [1.165, 1.54) is 0 Å². The van der Waals surface area contributed by atoms with E-state index < -0.39 is 30.5 Å². The fraction of sp³-hybridized carbons (Fsp3) is 0.500. The van der Waals surface area contributed by atoms with Crippen molar-refractivity contribution in [1.29, 1.82) is 5.26 Å². The van der Waals surface area contributed by atoms with Crippen LogP contribution in [0, 0.1) is 23.0 Å². The Morgan fingerprint density at radius 3 is 2.35 bits per heavy atom. The highest BCUT2D eigenvalue weighted by atomic mass is 35.5. The second kappa shape index (κ2) is 5.80.